The number of unbranched alkanes of at least 4 members (excludes halogenated alkanes) is 3. The van der Waals surface area contributed by atoms with Gasteiger partial charge in [0.1, 0.15) is 0 Å². The Bertz CT molecular complexity index is 838. The summed E-state index contributed by atoms with van der Waals surface area (Å²) in [4.78, 5) is 35.4. The van der Waals surface area contributed by atoms with Crippen LogP contribution >= 0.6 is 0 Å². The molecule has 2 N–H and O–H groups in total. The van der Waals surface area contributed by atoms with Crippen LogP contribution in [0.5, 0.6) is 0 Å². The number of aryl methyl sites for hydroxylation is 1. The van der Waals surface area contributed by atoms with E-state index in [2.05, 4.69) is 6.92 Å². The second kappa shape index (κ2) is 9.67. The number of aliphatic carboxylic acids is 1. The lowest BCUT2D eigenvalue weighted by Gasteiger charge is -2.11. The second-order valence-corrected chi connectivity index (χ2v) is 6.54. The van der Waals surface area contributed by atoms with Crippen molar-refractivity contribution in [1.29, 1.82) is 0 Å². The predicted octanol–water partition coefficient (Wildman–Crippen LogP) is 4.37. The van der Waals surface area contributed by atoms with Crippen LogP contribution in [0, 0.1) is 0 Å². The van der Waals surface area contributed by atoms with Gasteiger partial charge in [0.2, 0.25) is 0 Å². The molecule has 0 radical (unpaired) electrons. The van der Waals surface area contributed by atoms with Crippen molar-refractivity contribution in [1.82, 2.24) is 0 Å². The van der Waals surface area contributed by atoms with Gasteiger partial charge in [0.15, 0.2) is 5.78 Å². The Hall–Kier alpha value is -2.95. The maximum Gasteiger partial charge on any atom is 0.336 e. The number of carboxylic acid groups (broad SMARTS) is 2. The van der Waals surface area contributed by atoms with Crippen LogP contribution in [0.2, 0.25) is 0 Å². The van der Waals surface area contributed by atoms with Gasteiger partial charge in [0.05, 0.1) is 12.0 Å². The first kappa shape index (κ1) is 20.4. The van der Waals surface area contributed by atoms with Gasteiger partial charge < -0.3 is 10.2 Å². The lowest BCUT2D eigenvalue weighted by molar-refractivity contribution is -0.136. The molecule has 0 fully saturated rings. The van der Waals surface area contributed by atoms with E-state index in [9.17, 15) is 24.6 Å². The number of aromatic carboxylic acids is 1. The molecule has 142 valence electrons. The van der Waals surface area contributed by atoms with E-state index in [1.165, 1.54) is 12.1 Å². The van der Waals surface area contributed by atoms with E-state index in [1.54, 1.807) is 30.3 Å². The zero-order valence-corrected chi connectivity index (χ0v) is 15.4. The van der Waals surface area contributed by atoms with Crippen molar-refractivity contribution in [2.24, 2.45) is 0 Å². The van der Waals surface area contributed by atoms with Gasteiger partial charge in [-0.05, 0) is 36.1 Å². The van der Waals surface area contributed by atoms with E-state index < -0.39 is 17.7 Å². The molecule has 0 unspecified atom stereocenters. The molecule has 5 heteroatoms. The molecule has 0 saturated carbocycles. The van der Waals surface area contributed by atoms with Gasteiger partial charge in [-0.25, -0.2) is 4.79 Å². The lowest BCUT2D eigenvalue weighted by Crippen LogP contribution is -2.11. The first-order valence-corrected chi connectivity index (χ1v) is 9.14. The number of hydrogen-bond donors (Lipinski definition) is 2. The van der Waals surface area contributed by atoms with E-state index in [0.717, 1.165) is 37.7 Å². The van der Waals surface area contributed by atoms with Gasteiger partial charge in [0, 0.05) is 11.1 Å². The van der Waals surface area contributed by atoms with Gasteiger partial charge in [-0.2, -0.15) is 0 Å². The highest BCUT2D eigenvalue weighted by molar-refractivity contribution is 6.14. The van der Waals surface area contributed by atoms with Crippen LogP contribution in [0.25, 0.3) is 0 Å². The summed E-state index contributed by atoms with van der Waals surface area (Å²) in [6.07, 6.45) is 4.91. The van der Waals surface area contributed by atoms with Crippen molar-refractivity contribution in [2.75, 3.05) is 0 Å². The van der Waals surface area contributed by atoms with Gasteiger partial charge >= 0.3 is 11.9 Å². The molecule has 0 amide bonds. The van der Waals surface area contributed by atoms with Crippen LogP contribution < -0.4 is 0 Å². The smallest absolute Gasteiger partial charge is 0.336 e. The Kier molecular flexibility index (Phi) is 7.29. The molecular weight excluding hydrogens is 344 g/mol. The molecule has 0 bridgehead atoms. The molecule has 0 aliphatic heterocycles. The summed E-state index contributed by atoms with van der Waals surface area (Å²) in [6.45, 7) is 2.13. The number of benzene rings is 2. The summed E-state index contributed by atoms with van der Waals surface area (Å²) >= 11 is 0. The summed E-state index contributed by atoms with van der Waals surface area (Å²) in [5, 5.41) is 18.5. The quantitative estimate of drug-likeness (QED) is 0.480. The second-order valence-electron chi connectivity index (χ2n) is 6.54. The van der Waals surface area contributed by atoms with Crippen LogP contribution in [-0.4, -0.2) is 27.9 Å². The van der Waals surface area contributed by atoms with Crippen LogP contribution in [0.1, 0.15) is 70.0 Å². The first-order valence-electron chi connectivity index (χ1n) is 9.14. The Morgan fingerprint density at radius 1 is 0.852 bits per heavy atom. The van der Waals surface area contributed by atoms with Crippen molar-refractivity contribution >= 4 is 17.7 Å². The summed E-state index contributed by atoms with van der Waals surface area (Å²) < 4.78 is 0. The highest BCUT2D eigenvalue weighted by atomic mass is 16.4. The minimum Gasteiger partial charge on any atom is -0.481 e. The van der Waals surface area contributed by atoms with Crippen LogP contribution in [0.15, 0.2) is 42.5 Å². The number of carboxylic acids is 2. The molecule has 2 aromatic rings. The summed E-state index contributed by atoms with van der Waals surface area (Å²) in [5.41, 5.74) is 1.87. The number of carbonyl (C=O) groups is 3. The van der Waals surface area contributed by atoms with Gasteiger partial charge in [-0.3, -0.25) is 9.59 Å². The first-order chi connectivity index (χ1) is 12.9. The number of ketones is 1. The fourth-order valence-corrected chi connectivity index (χ4v) is 3.10. The monoisotopic (exact) mass is 368 g/mol. The van der Waals surface area contributed by atoms with Crippen molar-refractivity contribution in [3.8, 4) is 0 Å². The zero-order valence-electron chi connectivity index (χ0n) is 15.4. The van der Waals surface area contributed by atoms with Gasteiger partial charge in [-0.1, -0.05) is 56.5 Å². The van der Waals surface area contributed by atoms with E-state index in [4.69, 9.17) is 0 Å². The molecular formula is C22H24O5. The average Bonchev–Trinajstić information content (AvgIpc) is 2.65. The maximum atomic E-state index is 12.8. The fraction of sp³-hybridized carbons (Fsp3) is 0.318. The van der Waals surface area contributed by atoms with E-state index in [1.807, 2.05) is 0 Å². The lowest BCUT2D eigenvalue weighted by atomic mass is 9.92. The molecule has 0 heterocycles. The molecule has 0 atom stereocenters. The van der Waals surface area contributed by atoms with Gasteiger partial charge in [0.25, 0.3) is 0 Å². The maximum absolute atomic E-state index is 12.8. The van der Waals surface area contributed by atoms with Crippen LogP contribution in [0.4, 0.5) is 0 Å². The summed E-state index contributed by atoms with van der Waals surface area (Å²) in [6, 6.07) is 11.1. The third-order valence-electron chi connectivity index (χ3n) is 4.51. The standard InChI is InChI=1S/C22H24O5/c1-2-3-4-5-8-15-11-12-16(13-17(15)14-20(23)24)21(25)18-9-6-7-10-19(18)22(26)27/h6-7,9-13H,2-5,8,14H2,1H3,(H,23,24)(H,26,27). The molecule has 0 saturated heterocycles. The number of carbonyl (C=O) groups excluding carboxylic acids is 1. The largest absolute Gasteiger partial charge is 0.481 e. The molecule has 5 nitrogen and oxygen atoms in total. The Morgan fingerprint density at radius 3 is 2.19 bits per heavy atom. The molecule has 0 spiro atoms. The Morgan fingerprint density at radius 2 is 1.56 bits per heavy atom. The third-order valence-corrected chi connectivity index (χ3v) is 4.51. The minimum atomic E-state index is -1.17. The molecule has 27 heavy (non-hydrogen) atoms. The number of rotatable bonds is 10. The molecule has 0 aromatic heterocycles. The summed E-state index contributed by atoms with van der Waals surface area (Å²) in [7, 11) is 0. The van der Waals surface area contributed by atoms with Gasteiger partial charge in [-0.15, -0.1) is 0 Å². The average molecular weight is 368 g/mol. The van der Waals surface area contributed by atoms with Crippen LogP contribution in [-0.2, 0) is 17.6 Å². The molecule has 0 aliphatic carbocycles. The molecule has 2 aromatic carbocycles. The van der Waals surface area contributed by atoms with E-state index >= 15 is 0 Å². The molecule has 2 rings (SSSR count). The fourth-order valence-electron chi connectivity index (χ4n) is 3.10. The van der Waals surface area contributed by atoms with Crippen molar-refractivity contribution in [2.45, 2.75) is 45.4 Å². The zero-order chi connectivity index (χ0) is 19.8. The van der Waals surface area contributed by atoms with Crippen LogP contribution in [0.3, 0.4) is 0 Å². The topological polar surface area (TPSA) is 91.7 Å². The van der Waals surface area contributed by atoms with E-state index in [-0.39, 0.29) is 17.5 Å². The number of hydrogen-bond acceptors (Lipinski definition) is 3. The Labute approximate surface area is 158 Å². The minimum absolute atomic E-state index is 0.0640. The SMILES string of the molecule is CCCCCCc1ccc(C(=O)c2ccccc2C(=O)O)cc1CC(=O)O. The van der Waals surface area contributed by atoms with Crippen molar-refractivity contribution in [3.63, 3.8) is 0 Å². The highest BCUT2D eigenvalue weighted by Crippen LogP contribution is 2.20. The van der Waals surface area contributed by atoms with Crippen molar-refractivity contribution in [3.05, 3.63) is 70.3 Å². The highest BCUT2D eigenvalue weighted by Gasteiger charge is 2.19. The van der Waals surface area contributed by atoms with E-state index in [0.29, 0.717) is 11.1 Å². The predicted molar refractivity (Wildman–Crippen MR) is 102 cm³/mol. The molecule has 0 aliphatic rings. The normalized spacial score (nSPS) is 10.6. The third kappa shape index (κ3) is 5.51. The Balaban J connectivity index is 2.33. The van der Waals surface area contributed by atoms with Crippen molar-refractivity contribution < 1.29 is 24.6 Å². The summed E-state index contributed by atoms with van der Waals surface area (Å²) in [5.74, 6) is -2.55.